The average Bonchev–Trinajstić information content (AvgIpc) is 2.54. The molecule has 0 radical (unpaired) electrons. The first-order valence-corrected chi connectivity index (χ1v) is 7.67. The van der Waals surface area contributed by atoms with Gasteiger partial charge >= 0.3 is 0 Å². The van der Waals surface area contributed by atoms with Crippen LogP contribution in [0.5, 0.6) is 17.2 Å². The van der Waals surface area contributed by atoms with Crippen LogP contribution in [0.3, 0.4) is 0 Å². The van der Waals surface area contributed by atoms with Gasteiger partial charge in [-0.2, -0.15) is 0 Å². The van der Waals surface area contributed by atoms with Gasteiger partial charge in [-0.25, -0.2) is 4.39 Å². The van der Waals surface area contributed by atoms with Crippen molar-refractivity contribution in [2.45, 2.75) is 20.3 Å². The fourth-order valence-electron chi connectivity index (χ4n) is 2.18. The Hall–Kier alpha value is -3.08. The number of allylic oxidation sites excluding steroid dienone is 3. The quantitative estimate of drug-likeness (QED) is 0.327. The summed E-state index contributed by atoms with van der Waals surface area (Å²) in [6.45, 7) is 3.81. The third-order valence-corrected chi connectivity index (χ3v) is 3.59. The molecule has 5 heteroatoms. The van der Waals surface area contributed by atoms with Crippen molar-refractivity contribution in [1.29, 1.82) is 0 Å². The first-order chi connectivity index (χ1) is 11.8. The van der Waals surface area contributed by atoms with Crippen LogP contribution in [0, 0.1) is 5.82 Å². The van der Waals surface area contributed by atoms with Crippen LogP contribution in [-0.2, 0) is 6.42 Å². The van der Waals surface area contributed by atoms with E-state index in [1.54, 1.807) is 0 Å². The number of hydrogen-bond donors (Lipinski definition) is 3. The maximum absolute atomic E-state index is 14.0. The van der Waals surface area contributed by atoms with Gasteiger partial charge < -0.3 is 15.3 Å². The molecule has 0 fully saturated rings. The molecule has 0 unspecified atom stereocenters. The second kappa shape index (κ2) is 7.66. The molecule has 2 aromatic rings. The standard InChI is InChI=1S/C20H19FO4/c1-12(2)3-6-14-10-15(16(21)11-19(14)24)17(22)7-4-13-5-8-18(23)20(25)9-13/h3-5,7-11,23-25H,6H2,1-2H3/b7-4+. The van der Waals surface area contributed by atoms with Crippen molar-refractivity contribution in [3.05, 3.63) is 70.6 Å². The van der Waals surface area contributed by atoms with E-state index in [0.717, 1.165) is 11.6 Å². The number of phenolic OH excluding ortho intramolecular Hbond substituents is 3. The van der Waals surface area contributed by atoms with Crippen molar-refractivity contribution in [3.8, 4) is 17.2 Å². The molecule has 0 bridgehead atoms. The number of carbonyl (C=O) groups is 1. The Morgan fingerprint density at radius 2 is 1.76 bits per heavy atom. The molecule has 0 atom stereocenters. The normalized spacial score (nSPS) is 10.8. The summed E-state index contributed by atoms with van der Waals surface area (Å²) < 4.78 is 14.0. The van der Waals surface area contributed by atoms with Gasteiger partial charge in [-0.1, -0.05) is 23.8 Å². The molecule has 4 nitrogen and oxygen atoms in total. The van der Waals surface area contributed by atoms with Crippen LogP contribution >= 0.6 is 0 Å². The number of rotatable bonds is 5. The number of aromatic hydroxyl groups is 3. The Bertz CT molecular complexity index is 862. The minimum atomic E-state index is -0.804. The highest BCUT2D eigenvalue weighted by Gasteiger charge is 2.13. The first-order valence-electron chi connectivity index (χ1n) is 7.67. The molecule has 25 heavy (non-hydrogen) atoms. The maximum atomic E-state index is 14.0. The van der Waals surface area contributed by atoms with Crippen LogP contribution in [0.15, 0.2) is 48.1 Å². The summed E-state index contributed by atoms with van der Waals surface area (Å²) >= 11 is 0. The Kier molecular flexibility index (Phi) is 5.60. The molecule has 0 saturated heterocycles. The number of hydrogen-bond acceptors (Lipinski definition) is 4. The fraction of sp³-hybridized carbons (Fsp3) is 0.150. The molecule has 130 valence electrons. The van der Waals surface area contributed by atoms with E-state index in [1.807, 2.05) is 19.9 Å². The van der Waals surface area contributed by atoms with Crippen molar-refractivity contribution in [2.75, 3.05) is 0 Å². The molecule has 0 aliphatic heterocycles. The monoisotopic (exact) mass is 342 g/mol. The zero-order chi connectivity index (χ0) is 18.6. The van der Waals surface area contributed by atoms with E-state index in [4.69, 9.17) is 0 Å². The van der Waals surface area contributed by atoms with Gasteiger partial charge in [0.2, 0.25) is 0 Å². The molecular weight excluding hydrogens is 323 g/mol. The van der Waals surface area contributed by atoms with Crippen molar-refractivity contribution >= 4 is 11.9 Å². The lowest BCUT2D eigenvalue weighted by atomic mass is 10.0. The molecule has 0 spiro atoms. The van der Waals surface area contributed by atoms with Gasteiger partial charge in [0.1, 0.15) is 11.6 Å². The number of benzene rings is 2. The summed E-state index contributed by atoms with van der Waals surface area (Å²) in [7, 11) is 0. The molecule has 0 heterocycles. The van der Waals surface area contributed by atoms with Crippen molar-refractivity contribution in [3.63, 3.8) is 0 Å². The molecule has 0 aliphatic rings. The smallest absolute Gasteiger partial charge is 0.188 e. The van der Waals surface area contributed by atoms with Crippen molar-refractivity contribution in [1.82, 2.24) is 0 Å². The molecule has 0 saturated carbocycles. The van der Waals surface area contributed by atoms with Gasteiger partial charge in [-0.05, 0) is 55.7 Å². The van der Waals surface area contributed by atoms with Gasteiger partial charge in [0, 0.05) is 6.07 Å². The van der Waals surface area contributed by atoms with Gasteiger partial charge in [-0.3, -0.25) is 4.79 Å². The largest absolute Gasteiger partial charge is 0.508 e. The number of halogens is 1. The highest BCUT2D eigenvalue weighted by Crippen LogP contribution is 2.26. The summed E-state index contributed by atoms with van der Waals surface area (Å²) in [5, 5.41) is 28.5. The molecule has 2 rings (SSSR count). The van der Waals surface area contributed by atoms with Crippen LogP contribution in [0.1, 0.15) is 35.3 Å². The lowest BCUT2D eigenvalue weighted by Gasteiger charge is -2.06. The Morgan fingerprint density at radius 3 is 2.40 bits per heavy atom. The zero-order valence-corrected chi connectivity index (χ0v) is 14.0. The highest BCUT2D eigenvalue weighted by molar-refractivity contribution is 6.07. The summed E-state index contributed by atoms with van der Waals surface area (Å²) in [5.41, 5.74) is 1.84. The van der Waals surface area contributed by atoms with E-state index in [9.17, 15) is 24.5 Å². The number of ketones is 1. The number of phenols is 3. The van der Waals surface area contributed by atoms with E-state index in [-0.39, 0.29) is 22.8 Å². The molecular formula is C20H19FO4. The van der Waals surface area contributed by atoms with Crippen molar-refractivity contribution in [2.24, 2.45) is 0 Å². The van der Waals surface area contributed by atoms with E-state index >= 15 is 0 Å². The average molecular weight is 342 g/mol. The minimum Gasteiger partial charge on any atom is -0.508 e. The molecule has 0 aromatic heterocycles. The van der Waals surface area contributed by atoms with Gasteiger partial charge in [0.25, 0.3) is 0 Å². The van der Waals surface area contributed by atoms with E-state index in [1.165, 1.54) is 36.4 Å². The third-order valence-electron chi connectivity index (χ3n) is 3.59. The first kappa shape index (κ1) is 18.3. The third kappa shape index (κ3) is 4.70. The van der Waals surface area contributed by atoms with Crippen LogP contribution < -0.4 is 0 Å². The topological polar surface area (TPSA) is 77.8 Å². The highest BCUT2D eigenvalue weighted by atomic mass is 19.1. The lowest BCUT2D eigenvalue weighted by molar-refractivity contribution is 0.104. The van der Waals surface area contributed by atoms with Gasteiger partial charge in [-0.15, -0.1) is 0 Å². The van der Waals surface area contributed by atoms with Gasteiger partial charge in [0.15, 0.2) is 17.3 Å². The molecule has 3 N–H and O–H groups in total. The summed E-state index contributed by atoms with van der Waals surface area (Å²) in [6, 6.07) is 6.35. The lowest BCUT2D eigenvalue weighted by Crippen LogP contribution is -2.01. The molecule has 2 aromatic carbocycles. The predicted octanol–water partition coefficient (Wildman–Crippen LogP) is 4.35. The second-order valence-electron chi connectivity index (χ2n) is 5.89. The Balaban J connectivity index is 2.28. The zero-order valence-electron chi connectivity index (χ0n) is 14.0. The van der Waals surface area contributed by atoms with Gasteiger partial charge in [0.05, 0.1) is 5.56 Å². The Morgan fingerprint density at radius 1 is 1.04 bits per heavy atom. The van der Waals surface area contributed by atoms with Crippen molar-refractivity contribution < 1.29 is 24.5 Å². The maximum Gasteiger partial charge on any atom is 0.188 e. The molecule has 0 aliphatic carbocycles. The van der Waals surface area contributed by atoms with E-state index < -0.39 is 11.6 Å². The van der Waals surface area contributed by atoms with Crippen LogP contribution in [-0.4, -0.2) is 21.1 Å². The summed E-state index contributed by atoms with van der Waals surface area (Å²) in [5.74, 6) is -2.14. The van der Waals surface area contributed by atoms with E-state index in [0.29, 0.717) is 17.5 Å². The predicted molar refractivity (Wildman–Crippen MR) is 94.3 cm³/mol. The minimum absolute atomic E-state index is 0.144. The summed E-state index contributed by atoms with van der Waals surface area (Å²) in [6.07, 6.45) is 4.84. The summed E-state index contributed by atoms with van der Waals surface area (Å²) in [4.78, 5) is 12.3. The van der Waals surface area contributed by atoms with Crippen LogP contribution in [0.4, 0.5) is 4.39 Å². The van der Waals surface area contributed by atoms with E-state index in [2.05, 4.69) is 0 Å². The Labute approximate surface area is 145 Å². The molecule has 0 amide bonds. The second-order valence-corrected chi connectivity index (χ2v) is 5.89. The SMILES string of the molecule is CC(C)=CCc1cc(C(=O)/C=C/c2ccc(O)c(O)c2)c(F)cc1O. The van der Waals surface area contributed by atoms with Crippen LogP contribution in [0.2, 0.25) is 0 Å². The fourth-order valence-corrected chi connectivity index (χ4v) is 2.18. The van der Waals surface area contributed by atoms with Crippen LogP contribution in [0.25, 0.3) is 6.08 Å². The number of carbonyl (C=O) groups excluding carboxylic acids is 1.